The summed E-state index contributed by atoms with van der Waals surface area (Å²) in [7, 11) is 0. The molecule has 1 saturated carbocycles. The predicted molar refractivity (Wildman–Crippen MR) is 107 cm³/mol. The Labute approximate surface area is 159 Å². The number of aryl methyl sites for hydroxylation is 1. The third-order valence-electron chi connectivity index (χ3n) is 6.04. The fourth-order valence-corrected chi connectivity index (χ4v) is 4.70. The molecule has 0 aromatic heterocycles. The molecule has 0 bridgehead atoms. The summed E-state index contributed by atoms with van der Waals surface area (Å²) in [6.45, 7) is 12.2. The van der Waals surface area contributed by atoms with E-state index in [4.69, 9.17) is 4.74 Å². The zero-order valence-electron chi connectivity index (χ0n) is 16.9. The highest BCUT2D eigenvalue weighted by atomic mass is 16.5. The lowest BCUT2D eigenvalue weighted by molar-refractivity contribution is -0.118. The number of hydrogen-bond donors (Lipinski definition) is 0. The van der Waals surface area contributed by atoms with E-state index in [9.17, 15) is 4.79 Å². The summed E-state index contributed by atoms with van der Waals surface area (Å²) in [6.07, 6.45) is 8.03. The molecular formula is C24H34O2. The smallest absolute Gasteiger partial charge is 0.137 e. The highest BCUT2D eigenvalue weighted by molar-refractivity contribution is 5.84. The normalized spacial score (nSPS) is 25.6. The van der Waals surface area contributed by atoms with Crippen molar-refractivity contribution in [2.24, 2.45) is 11.8 Å². The van der Waals surface area contributed by atoms with Crippen LogP contribution in [0.5, 0.6) is 0 Å². The van der Waals surface area contributed by atoms with Crippen molar-refractivity contribution in [2.45, 2.75) is 84.2 Å². The number of fused-ring (bicyclic) bond motifs is 1. The third kappa shape index (κ3) is 4.58. The molecule has 2 nitrogen and oxygen atoms in total. The van der Waals surface area contributed by atoms with Crippen molar-refractivity contribution in [1.82, 2.24) is 0 Å². The standard InChI is InChI=1S/C24H34O2/c1-16(25)22-13-12-21-11-8-19(15-23(21)22)14-18-6-9-20(10-7-18)17(2)26-24(3,4)5/h8,11,15,18,20,22H,2,6-7,9-10,12-14H2,1,3-5H3. The molecule has 3 rings (SSSR count). The Balaban J connectivity index is 1.56. The van der Waals surface area contributed by atoms with Gasteiger partial charge in [0.1, 0.15) is 11.4 Å². The Kier molecular flexibility index (Phi) is 5.60. The first-order valence-corrected chi connectivity index (χ1v) is 10.2. The first-order valence-electron chi connectivity index (χ1n) is 10.2. The van der Waals surface area contributed by atoms with E-state index in [1.165, 1.54) is 42.4 Å². The van der Waals surface area contributed by atoms with Gasteiger partial charge < -0.3 is 4.74 Å². The topological polar surface area (TPSA) is 26.3 Å². The summed E-state index contributed by atoms with van der Waals surface area (Å²) in [5.74, 6) is 2.67. The first-order chi connectivity index (χ1) is 12.2. The fourth-order valence-electron chi connectivity index (χ4n) is 4.70. The van der Waals surface area contributed by atoms with Crippen molar-refractivity contribution in [3.05, 3.63) is 47.2 Å². The minimum absolute atomic E-state index is 0.138. The van der Waals surface area contributed by atoms with Gasteiger partial charge in [-0.1, -0.05) is 24.8 Å². The van der Waals surface area contributed by atoms with Gasteiger partial charge in [-0.05, 0) is 95.2 Å². The van der Waals surface area contributed by atoms with Gasteiger partial charge in [0.2, 0.25) is 0 Å². The lowest BCUT2D eigenvalue weighted by atomic mass is 9.78. The molecule has 1 aromatic rings. The zero-order valence-corrected chi connectivity index (χ0v) is 16.9. The SMILES string of the molecule is C=C(OC(C)(C)C)C1CCC(Cc2ccc3c(c2)C(C(C)=O)CC3)CC1. The third-order valence-corrected chi connectivity index (χ3v) is 6.04. The molecular weight excluding hydrogens is 320 g/mol. The van der Waals surface area contributed by atoms with E-state index in [0.717, 1.165) is 30.9 Å². The van der Waals surface area contributed by atoms with Crippen molar-refractivity contribution < 1.29 is 9.53 Å². The van der Waals surface area contributed by atoms with Crippen LogP contribution in [0.3, 0.4) is 0 Å². The Morgan fingerprint density at radius 3 is 2.46 bits per heavy atom. The second-order valence-electron chi connectivity index (χ2n) is 9.34. The maximum absolute atomic E-state index is 11.9. The molecule has 1 unspecified atom stereocenters. The number of hydrogen-bond acceptors (Lipinski definition) is 2. The summed E-state index contributed by atoms with van der Waals surface area (Å²) in [4.78, 5) is 11.9. The fraction of sp³-hybridized carbons (Fsp3) is 0.625. The highest BCUT2D eigenvalue weighted by Crippen LogP contribution is 2.38. The number of Topliss-reactive ketones (excluding diaryl/α,β-unsaturated/α-hetero) is 1. The average molecular weight is 355 g/mol. The van der Waals surface area contributed by atoms with Crippen LogP contribution in [0.2, 0.25) is 0 Å². The summed E-state index contributed by atoms with van der Waals surface area (Å²) in [5, 5.41) is 0. The van der Waals surface area contributed by atoms with Crippen LogP contribution in [-0.4, -0.2) is 11.4 Å². The molecule has 142 valence electrons. The first kappa shape index (κ1) is 19.2. The van der Waals surface area contributed by atoms with Crippen LogP contribution in [0.25, 0.3) is 0 Å². The van der Waals surface area contributed by atoms with E-state index in [1.54, 1.807) is 6.92 Å². The number of allylic oxidation sites excluding steroid dienone is 1. The molecule has 0 radical (unpaired) electrons. The van der Waals surface area contributed by atoms with Gasteiger partial charge in [-0.15, -0.1) is 0 Å². The summed E-state index contributed by atoms with van der Waals surface area (Å²) in [5.41, 5.74) is 3.94. The molecule has 26 heavy (non-hydrogen) atoms. The Morgan fingerprint density at radius 2 is 1.85 bits per heavy atom. The zero-order chi connectivity index (χ0) is 18.9. The molecule has 0 heterocycles. The van der Waals surface area contributed by atoms with E-state index in [0.29, 0.717) is 11.7 Å². The number of carbonyl (C=O) groups is 1. The van der Waals surface area contributed by atoms with Crippen molar-refractivity contribution in [3.8, 4) is 0 Å². The Hall–Kier alpha value is -1.57. The predicted octanol–water partition coefficient (Wildman–Crippen LogP) is 5.98. The van der Waals surface area contributed by atoms with Crippen LogP contribution in [0.1, 0.15) is 82.4 Å². The van der Waals surface area contributed by atoms with Crippen molar-refractivity contribution in [3.63, 3.8) is 0 Å². The van der Waals surface area contributed by atoms with Gasteiger partial charge in [0, 0.05) is 11.8 Å². The van der Waals surface area contributed by atoms with Crippen LogP contribution >= 0.6 is 0 Å². The molecule has 2 aliphatic carbocycles. The van der Waals surface area contributed by atoms with Crippen LogP contribution in [0, 0.1) is 11.8 Å². The lowest BCUT2D eigenvalue weighted by Gasteiger charge is -2.33. The largest absolute Gasteiger partial charge is 0.493 e. The van der Waals surface area contributed by atoms with Crippen molar-refractivity contribution in [2.75, 3.05) is 0 Å². The second kappa shape index (κ2) is 7.58. The second-order valence-corrected chi connectivity index (χ2v) is 9.34. The maximum Gasteiger partial charge on any atom is 0.137 e. The number of carbonyl (C=O) groups excluding carboxylic acids is 1. The van der Waals surface area contributed by atoms with E-state index >= 15 is 0 Å². The Morgan fingerprint density at radius 1 is 1.15 bits per heavy atom. The van der Waals surface area contributed by atoms with Gasteiger partial charge in [-0.2, -0.15) is 0 Å². The van der Waals surface area contributed by atoms with Crippen LogP contribution < -0.4 is 0 Å². The molecule has 0 amide bonds. The van der Waals surface area contributed by atoms with Gasteiger partial charge in [-0.3, -0.25) is 4.79 Å². The van der Waals surface area contributed by atoms with E-state index in [-0.39, 0.29) is 11.5 Å². The van der Waals surface area contributed by atoms with E-state index in [1.807, 2.05) is 0 Å². The van der Waals surface area contributed by atoms with Crippen molar-refractivity contribution >= 4 is 5.78 Å². The van der Waals surface area contributed by atoms with E-state index < -0.39 is 0 Å². The molecule has 1 fully saturated rings. The minimum atomic E-state index is -0.147. The average Bonchev–Trinajstić information content (AvgIpc) is 2.97. The van der Waals surface area contributed by atoms with Crippen LogP contribution in [0.4, 0.5) is 0 Å². The number of ether oxygens (including phenoxy) is 1. The van der Waals surface area contributed by atoms with Gasteiger partial charge in [0.05, 0.1) is 5.76 Å². The number of benzene rings is 1. The minimum Gasteiger partial charge on any atom is -0.493 e. The molecule has 0 aliphatic heterocycles. The molecule has 1 aromatic carbocycles. The molecule has 2 heteroatoms. The number of rotatable bonds is 5. The molecule has 0 saturated heterocycles. The lowest BCUT2D eigenvalue weighted by Crippen LogP contribution is -2.24. The van der Waals surface area contributed by atoms with Gasteiger partial charge >= 0.3 is 0 Å². The molecule has 2 aliphatic rings. The quantitative estimate of drug-likeness (QED) is 0.608. The van der Waals surface area contributed by atoms with E-state index in [2.05, 4.69) is 45.5 Å². The monoisotopic (exact) mass is 354 g/mol. The summed E-state index contributed by atoms with van der Waals surface area (Å²) >= 11 is 0. The maximum atomic E-state index is 11.9. The van der Waals surface area contributed by atoms with Crippen LogP contribution in [0.15, 0.2) is 30.5 Å². The summed E-state index contributed by atoms with van der Waals surface area (Å²) < 4.78 is 5.99. The van der Waals surface area contributed by atoms with Gasteiger partial charge in [0.25, 0.3) is 0 Å². The van der Waals surface area contributed by atoms with Crippen LogP contribution in [-0.2, 0) is 22.4 Å². The summed E-state index contributed by atoms with van der Waals surface area (Å²) in [6, 6.07) is 6.87. The van der Waals surface area contributed by atoms with Gasteiger partial charge in [-0.25, -0.2) is 0 Å². The van der Waals surface area contributed by atoms with Crippen molar-refractivity contribution in [1.29, 1.82) is 0 Å². The van der Waals surface area contributed by atoms with Gasteiger partial charge in [0.15, 0.2) is 0 Å². The molecule has 0 spiro atoms. The number of ketones is 1. The molecule has 1 atom stereocenters. The Bertz CT molecular complexity index is 672. The molecule has 0 N–H and O–H groups in total. The highest BCUT2D eigenvalue weighted by Gasteiger charge is 2.28.